The van der Waals surface area contributed by atoms with Crippen LogP contribution in [-0.4, -0.2) is 15.6 Å². The molecule has 3 aromatic rings. The molecule has 0 amide bonds. The second-order valence-corrected chi connectivity index (χ2v) is 5.68. The van der Waals surface area contributed by atoms with Crippen LogP contribution in [0.1, 0.15) is 21.5 Å². The second kappa shape index (κ2) is 6.54. The Morgan fingerprint density at radius 1 is 1.00 bits per heavy atom. The summed E-state index contributed by atoms with van der Waals surface area (Å²) in [5.74, 6) is -1.20. The Labute approximate surface area is 139 Å². The Kier molecular flexibility index (Phi) is 4.29. The standard InChI is InChI=1S/C20H17NO3/c1-14-11-21(13-18(19(14)22)20(23)24)12-16-9-5-6-10-17(16)15-7-3-2-4-8-15/h2-11,13H,12H2,1H3,(H,23,24). The molecule has 0 radical (unpaired) electrons. The van der Waals surface area contributed by atoms with Crippen molar-refractivity contribution in [2.24, 2.45) is 0 Å². The molecular weight excluding hydrogens is 302 g/mol. The van der Waals surface area contributed by atoms with Gasteiger partial charge in [0.1, 0.15) is 5.56 Å². The van der Waals surface area contributed by atoms with Crippen molar-refractivity contribution in [3.8, 4) is 11.1 Å². The Bertz CT molecular complexity index is 943. The molecule has 1 heterocycles. The summed E-state index contributed by atoms with van der Waals surface area (Å²) in [5.41, 5.74) is 3.04. The molecule has 0 saturated heterocycles. The Morgan fingerprint density at radius 2 is 1.67 bits per heavy atom. The van der Waals surface area contributed by atoms with Crippen molar-refractivity contribution in [3.05, 3.63) is 93.9 Å². The van der Waals surface area contributed by atoms with Crippen LogP contribution in [0.2, 0.25) is 0 Å². The lowest BCUT2D eigenvalue weighted by Gasteiger charge is -2.13. The van der Waals surface area contributed by atoms with Gasteiger partial charge in [-0.05, 0) is 23.6 Å². The number of hydrogen-bond donors (Lipinski definition) is 1. The average Bonchev–Trinajstić information content (AvgIpc) is 2.59. The third-order valence-electron chi connectivity index (χ3n) is 3.94. The Balaban J connectivity index is 2.05. The van der Waals surface area contributed by atoms with E-state index in [1.165, 1.54) is 6.20 Å². The lowest BCUT2D eigenvalue weighted by atomic mass is 9.99. The van der Waals surface area contributed by atoms with Crippen LogP contribution in [-0.2, 0) is 6.54 Å². The fraction of sp³-hybridized carbons (Fsp3) is 0.100. The lowest BCUT2D eigenvalue weighted by Crippen LogP contribution is -2.20. The molecule has 0 aliphatic carbocycles. The number of aromatic nitrogens is 1. The number of nitrogens with zero attached hydrogens (tertiary/aromatic N) is 1. The number of pyridine rings is 1. The van der Waals surface area contributed by atoms with Gasteiger partial charge >= 0.3 is 5.97 Å². The summed E-state index contributed by atoms with van der Waals surface area (Å²) in [6, 6.07) is 18.0. The minimum absolute atomic E-state index is 0.202. The Hall–Kier alpha value is -3.14. The molecule has 4 heteroatoms. The minimum atomic E-state index is -1.20. The summed E-state index contributed by atoms with van der Waals surface area (Å²) >= 11 is 0. The molecule has 1 N–H and O–H groups in total. The number of hydrogen-bond acceptors (Lipinski definition) is 2. The van der Waals surface area contributed by atoms with Crippen molar-refractivity contribution in [2.45, 2.75) is 13.5 Å². The van der Waals surface area contributed by atoms with Crippen molar-refractivity contribution >= 4 is 5.97 Å². The molecule has 0 atom stereocenters. The molecule has 0 fully saturated rings. The van der Waals surface area contributed by atoms with E-state index in [-0.39, 0.29) is 5.56 Å². The maximum atomic E-state index is 11.9. The molecule has 0 aliphatic heterocycles. The summed E-state index contributed by atoms with van der Waals surface area (Å²) in [7, 11) is 0. The molecule has 0 unspecified atom stereocenters. The maximum absolute atomic E-state index is 11.9. The lowest BCUT2D eigenvalue weighted by molar-refractivity contribution is 0.0694. The third-order valence-corrected chi connectivity index (χ3v) is 3.94. The highest BCUT2D eigenvalue weighted by Crippen LogP contribution is 2.24. The van der Waals surface area contributed by atoms with E-state index >= 15 is 0 Å². The van der Waals surface area contributed by atoms with Gasteiger partial charge < -0.3 is 9.67 Å². The second-order valence-electron chi connectivity index (χ2n) is 5.68. The van der Waals surface area contributed by atoms with Gasteiger partial charge in [-0.15, -0.1) is 0 Å². The van der Waals surface area contributed by atoms with E-state index in [4.69, 9.17) is 0 Å². The molecule has 0 aliphatic rings. The molecule has 1 aromatic heterocycles. The molecule has 2 aromatic carbocycles. The molecule has 0 spiro atoms. The summed E-state index contributed by atoms with van der Waals surface area (Å²) in [4.78, 5) is 23.2. The van der Waals surface area contributed by atoms with Crippen LogP contribution in [0, 0.1) is 6.92 Å². The fourth-order valence-electron chi connectivity index (χ4n) is 2.78. The molecule has 4 nitrogen and oxygen atoms in total. The molecule has 24 heavy (non-hydrogen) atoms. The summed E-state index contributed by atoms with van der Waals surface area (Å²) in [5, 5.41) is 9.20. The number of carboxylic acids is 1. The SMILES string of the molecule is Cc1cn(Cc2ccccc2-c2ccccc2)cc(C(=O)O)c1=O. The van der Waals surface area contributed by atoms with E-state index in [0.29, 0.717) is 12.1 Å². The summed E-state index contributed by atoms with van der Waals surface area (Å²) in [6.07, 6.45) is 3.09. The molecule has 0 saturated carbocycles. The minimum Gasteiger partial charge on any atom is -0.477 e. The van der Waals surface area contributed by atoms with Crippen molar-refractivity contribution in [1.29, 1.82) is 0 Å². The van der Waals surface area contributed by atoms with Crippen LogP contribution in [0.5, 0.6) is 0 Å². The first-order valence-electron chi connectivity index (χ1n) is 7.63. The van der Waals surface area contributed by atoms with Gasteiger partial charge in [0.15, 0.2) is 5.43 Å². The number of aromatic carboxylic acids is 1. The van der Waals surface area contributed by atoms with Crippen LogP contribution < -0.4 is 5.43 Å². The van der Waals surface area contributed by atoms with Crippen molar-refractivity contribution in [1.82, 2.24) is 4.57 Å². The number of benzene rings is 2. The largest absolute Gasteiger partial charge is 0.477 e. The van der Waals surface area contributed by atoms with Crippen molar-refractivity contribution in [3.63, 3.8) is 0 Å². The third kappa shape index (κ3) is 3.13. The number of carboxylic acid groups (broad SMARTS) is 1. The average molecular weight is 319 g/mol. The summed E-state index contributed by atoms with van der Waals surface area (Å²) in [6.45, 7) is 2.13. The van der Waals surface area contributed by atoms with Gasteiger partial charge in [0.25, 0.3) is 0 Å². The zero-order chi connectivity index (χ0) is 17.1. The zero-order valence-corrected chi connectivity index (χ0v) is 13.3. The van der Waals surface area contributed by atoms with Gasteiger partial charge in [0.2, 0.25) is 0 Å². The van der Waals surface area contributed by atoms with E-state index in [1.54, 1.807) is 17.7 Å². The van der Waals surface area contributed by atoms with Gasteiger partial charge in [-0.1, -0.05) is 54.6 Å². The first kappa shape index (κ1) is 15.7. The number of rotatable bonds is 4. The summed E-state index contributed by atoms with van der Waals surface area (Å²) < 4.78 is 1.75. The van der Waals surface area contributed by atoms with E-state index < -0.39 is 11.4 Å². The van der Waals surface area contributed by atoms with Gasteiger partial charge in [-0.3, -0.25) is 4.79 Å². The normalized spacial score (nSPS) is 10.5. The predicted octanol–water partition coefficient (Wildman–Crippen LogP) is 3.57. The first-order valence-corrected chi connectivity index (χ1v) is 7.63. The quantitative estimate of drug-likeness (QED) is 0.800. The maximum Gasteiger partial charge on any atom is 0.341 e. The van der Waals surface area contributed by atoms with Crippen LogP contribution in [0.15, 0.2) is 71.8 Å². The van der Waals surface area contributed by atoms with Gasteiger partial charge in [-0.2, -0.15) is 0 Å². The number of aryl methyl sites for hydroxylation is 1. The smallest absolute Gasteiger partial charge is 0.341 e. The van der Waals surface area contributed by atoms with Crippen LogP contribution in [0.3, 0.4) is 0 Å². The highest BCUT2D eigenvalue weighted by Gasteiger charge is 2.12. The van der Waals surface area contributed by atoms with Gasteiger partial charge in [0, 0.05) is 24.5 Å². The van der Waals surface area contributed by atoms with E-state index in [0.717, 1.165) is 16.7 Å². The highest BCUT2D eigenvalue weighted by atomic mass is 16.4. The van der Waals surface area contributed by atoms with E-state index in [1.807, 2.05) is 54.6 Å². The van der Waals surface area contributed by atoms with Crippen LogP contribution >= 0.6 is 0 Å². The van der Waals surface area contributed by atoms with E-state index in [2.05, 4.69) is 0 Å². The highest BCUT2D eigenvalue weighted by molar-refractivity contribution is 5.87. The van der Waals surface area contributed by atoms with E-state index in [9.17, 15) is 14.7 Å². The molecule has 3 rings (SSSR count). The van der Waals surface area contributed by atoms with Crippen LogP contribution in [0.4, 0.5) is 0 Å². The van der Waals surface area contributed by atoms with Gasteiger partial charge in [0.05, 0.1) is 0 Å². The predicted molar refractivity (Wildman–Crippen MR) is 93.4 cm³/mol. The Morgan fingerprint density at radius 3 is 2.38 bits per heavy atom. The monoisotopic (exact) mass is 319 g/mol. The molecule has 120 valence electrons. The van der Waals surface area contributed by atoms with Gasteiger partial charge in [-0.25, -0.2) is 4.79 Å². The number of carbonyl (C=O) groups is 1. The van der Waals surface area contributed by atoms with Crippen molar-refractivity contribution < 1.29 is 9.90 Å². The van der Waals surface area contributed by atoms with Crippen LogP contribution in [0.25, 0.3) is 11.1 Å². The molecular formula is C20H17NO3. The molecule has 0 bridgehead atoms. The topological polar surface area (TPSA) is 59.3 Å². The fourth-order valence-corrected chi connectivity index (χ4v) is 2.78. The zero-order valence-electron chi connectivity index (χ0n) is 13.3. The first-order chi connectivity index (χ1) is 11.6. The van der Waals surface area contributed by atoms with Crippen molar-refractivity contribution in [2.75, 3.05) is 0 Å².